The van der Waals surface area contributed by atoms with Gasteiger partial charge in [0.15, 0.2) is 0 Å². The van der Waals surface area contributed by atoms with Gasteiger partial charge in [0.2, 0.25) is 5.91 Å². The Labute approximate surface area is 114 Å². The molecule has 0 bridgehead atoms. The van der Waals surface area contributed by atoms with E-state index in [1.54, 1.807) is 6.20 Å². The summed E-state index contributed by atoms with van der Waals surface area (Å²) >= 11 is 0. The first-order valence-corrected chi connectivity index (χ1v) is 7.01. The molecule has 1 amide bonds. The average Bonchev–Trinajstić information content (AvgIpc) is 3.09. The highest BCUT2D eigenvalue weighted by Gasteiger charge is 2.35. The Kier molecular flexibility index (Phi) is 4.24. The maximum Gasteiger partial charge on any atom is 0.240 e. The summed E-state index contributed by atoms with van der Waals surface area (Å²) in [6, 6.07) is -0.0247. The number of hydrogen-bond donors (Lipinski definition) is 1. The van der Waals surface area contributed by atoms with Crippen LogP contribution in [0, 0.1) is 5.92 Å². The second-order valence-electron chi connectivity index (χ2n) is 5.89. The molecule has 1 fully saturated rings. The van der Waals surface area contributed by atoms with E-state index >= 15 is 0 Å². The predicted molar refractivity (Wildman–Crippen MR) is 74.2 cm³/mol. The van der Waals surface area contributed by atoms with Crippen molar-refractivity contribution in [3.8, 4) is 0 Å². The molecule has 0 aliphatic heterocycles. The number of aryl methyl sites for hydroxylation is 1. The third-order valence-corrected chi connectivity index (χ3v) is 3.55. The van der Waals surface area contributed by atoms with Crippen molar-refractivity contribution in [1.82, 2.24) is 14.5 Å². The summed E-state index contributed by atoms with van der Waals surface area (Å²) in [5.74, 6) is 1.42. The monoisotopic (exact) mass is 264 g/mol. The van der Waals surface area contributed by atoms with Gasteiger partial charge in [0.25, 0.3) is 0 Å². The van der Waals surface area contributed by atoms with Crippen LogP contribution in [0.1, 0.15) is 38.9 Å². The summed E-state index contributed by atoms with van der Waals surface area (Å²) in [6.45, 7) is 4.75. The minimum atomic E-state index is -0.388. The van der Waals surface area contributed by atoms with Gasteiger partial charge in [0.1, 0.15) is 5.82 Å². The van der Waals surface area contributed by atoms with Crippen molar-refractivity contribution in [2.45, 2.75) is 51.7 Å². The second-order valence-corrected chi connectivity index (χ2v) is 5.89. The summed E-state index contributed by atoms with van der Waals surface area (Å²) in [5, 5.41) is 0. The summed E-state index contributed by atoms with van der Waals surface area (Å²) in [7, 11) is 1.95. The van der Waals surface area contributed by atoms with Crippen LogP contribution in [0.15, 0.2) is 12.4 Å². The van der Waals surface area contributed by atoms with Gasteiger partial charge in [-0.3, -0.25) is 4.79 Å². The highest BCUT2D eigenvalue weighted by Crippen LogP contribution is 2.29. The lowest BCUT2D eigenvalue weighted by Gasteiger charge is -2.26. The first kappa shape index (κ1) is 14.1. The van der Waals surface area contributed by atoms with Crippen LogP contribution in [0.25, 0.3) is 0 Å². The molecule has 0 saturated heterocycles. The van der Waals surface area contributed by atoms with Crippen LogP contribution in [-0.4, -0.2) is 32.4 Å². The SMILES string of the molecule is CC(C)C[C@H](N)C(=O)N(Cc1nccn1C)C1CC1. The zero-order chi connectivity index (χ0) is 14.0. The van der Waals surface area contributed by atoms with Crippen molar-refractivity contribution >= 4 is 5.91 Å². The lowest BCUT2D eigenvalue weighted by Crippen LogP contribution is -2.45. The number of carbonyl (C=O) groups is 1. The molecule has 0 spiro atoms. The van der Waals surface area contributed by atoms with Crippen LogP contribution in [0.3, 0.4) is 0 Å². The van der Waals surface area contributed by atoms with Crippen LogP contribution >= 0.6 is 0 Å². The van der Waals surface area contributed by atoms with Gasteiger partial charge in [0.05, 0.1) is 12.6 Å². The molecule has 2 rings (SSSR count). The summed E-state index contributed by atoms with van der Waals surface area (Å²) in [4.78, 5) is 18.7. The fourth-order valence-electron chi connectivity index (χ4n) is 2.30. The molecule has 1 atom stereocenters. The summed E-state index contributed by atoms with van der Waals surface area (Å²) in [5.41, 5.74) is 6.03. The zero-order valence-electron chi connectivity index (χ0n) is 12.0. The smallest absolute Gasteiger partial charge is 0.240 e. The lowest BCUT2D eigenvalue weighted by molar-refractivity contribution is -0.134. The van der Waals surface area contributed by atoms with Gasteiger partial charge in [-0.15, -0.1) is 0 Å². The number of amides is 1. The van der Waals surface area contributed by atoms with E-state index < -0.39 is 0 Å². The largest absolute Gasteiger partial charge is 0.337 e. The molecule has 5 heteroatoms. The molecule has 1 aliphatic rings. The average molecular weight is 264 g/mol. The molecule has 1 saturated carbocycles. The topological polar surface area (TPSA) is 64.2 Å². The van der Waals surface area contributed by atoms with E-state index in [0.29, 0.717) is 18.5 Å². The van der Waals surface area contributed by atoms with Gasteiger partial charge < -0.3 is 15.2 Å². The van der Waals surface area contributed by atoms with Gasteiger partial charge in [0, 0.05) is 25.5 Å². The molecular weight excluding hydrogens is 240 g/mol. The highest BCUT2D eigenvalue weighted by molar-refractivity contribution is 5.82. The first-order valence-electron chi connectivity index (χ1n) is 7.01. The molecule has 1 aliphatic carbocycles. The number of rotatable bonds is 6. The third-order valence-electron chi connectivity index (χ3n) is 3.55. The van der Waals surface area contributed by atoms with Crippen LogP contribution in [0.4, 0.5) is 0 Å². The van der Waals surface area contributed by atoms with Gasteiger partial charge in [-0.25, -0.2) is 4.98 Å². The van der Waals surface area contributed by atoms with Crippen molar-refractivity contribution < 1.29 is 4.79 Å². The molecule has 0 aromatic carbocycles. The molecule has 1 aromatic rings. The van der Waals surface area contributed by atoms with E-state index in [1.807, 2.05) is 22.7 Å². The van der Waals surface area contributed by atoms with Crippen molar-refractivity contribution in [1.29, 1.82) is 0 Å². The number of hydrogen-bond acceptors (Lipinski definition) is 3. The van der Waals surface area contributed by atoms with E-state index in [9.17, 15) is 4.79 Å². The Morgan fingerprint density at radius 2 is 2.26 bits per heavy atom. The molecule has 1 heterocycles. The van der Waals surface area contributed by atoms with Crippen molar-refractivity contribution in [2.75, 3.05) is 0 Å². The number of imidazole rings is 1. The minimum Gasteiger partial charge on any atom is -0.337 e. The lowest BCUT2D eigenvalue weighted by atomic mass is 10.0. The van der Waals surface area contributed by atoms with E-state index in [-0.39, 0.29) is 11.9 Å². The van der Waals surface area contributed by atoms with Crippen molar-refractivity contribution in [3.63, 3.8) is 0 Å². The molecule has 5 nitrogen and oxygen atoms in total. The Morgan fingerprint density at radius 1 is 1.58 bits per heavy atom. The Hall–Kier alpha value is -1.36. The number of nitrogens with two attached hydrogens (primary N) is 1. The fraction of sp³-hybridized carbons (Fsp3) is 0.714. The van der Waals surface area contributed by atoms with Crippen LogP contribution in [0.5, 0.6) is 0 Å². The van der Waals surface area contributed by atoms with E-state index in [0.717, 1.165) is 25.1 Å². The van der Waals surface area contributed by atoms with Gasteiger partial charge in [-0.2, -0.15) is 0 Å². The normalized spacial score (nSPS) is 16.7. The predicted octanol–water partition coefficient (Wildman–Crippen LogP) is 1.28. The third kappa shape index (κ3) is 3.56. The Balaban J connectivity index is 2.03. The molecule has 0 unspecified atom stereocenters. The van der Waals surface area contributed by atoms with Gasteiger partial charge in [-0.1, -0.05) is 13.8 Å². The van der Waals surface area contributed by atoms with E-state index in [2.05, 4.69) is 18.8 Å². The second kappa shape index (κ2) is 5.74. The highest BCUT2D eigenvalue weighted by atomic mass is 16.2. The van der Waals surface area contributed by atoms with Crippen molar-refractivity contribution in [2.24, 2.45) is 18.7 Å². The molecule has 1 aromatic heterocycles. The van der Waals surface area contributed by atoms with Crippen molar-refractivity contribution in [3.05, 3.63) is 18.2 Å². The van der Waals surface area contributed by atoms with E-state index in [4.69, 9.17) is 5.73 Å². The Bertz CT molecular complexity index is 436. The molecule has 2 N–H and O–H groups in total. The maximum absolute atomic E-state index is 12.5. The molecule has 19 heavy (non-hydrogen) atoms. The quantitative estimate of drug-likeness (QED) is 0.842. The Morgan fingerprint density at radius 3 is 2.74 bits per heavy atom. The number of carbonyl (C=O) groups excluding carboxylic acids is 1. The molecule has 0 radical (unpaired) electrons. The van der Waals surface area contributed by atoms with Crippen LogP contribution < -0.4 is 5.73 Å². The minimum absolute atomic E-state index is 0.0687. The molecular formula is C14H24N4O. The fourth-order valence-corrected chi connectivity index (χ4v) is 2.30. The van der Waals surface area contributed by atoms with Gasteiger partial charge >= 0.3 is 0 Å². The standard InChI is InChI=1S/C14H24N4O/c1-10(2)8-12(15)14(19)18(11-4-5-11)9-13-16-6-7-17(13)3/h6-7,10-12H,4-5,8-9,15H2,1-3H3/t12-/m0/s1. The summed E-state index contributed by atoms with van der Waals surface area (Å²) < 4.78 is 1.95. The van der Waals surface area contributed by atoms with Crippen LogP contribution in [0.2, 0.25) is 0 Å². The van der Waals surface area contributed by atoms with E-state index in [1.165, 1.54) is 0 Å². The van der Waals surface area contributed by atoms with Gasteiger partial charge in [-0.05, 0) is 25.2 Å². The first-order chi connectivity index (χ1) is 8.99. The van der Waals surface area contributed by atoms with Crippen LogP contribution in [-0.2, 0) is 18.4 Å². The number of nitrogens with zero attached hydrogens (tertiary/aromatic N) is 3. The maximum atomic E-state index is 12.5. The summed E-state index contributed by atoms with van der Waals surface area (Å²) in [6.07, 6.45) is 6.58. The number of aromatic nitrogens is 2. The zero-order valence-corrected chi connectivity index (χ0v) is 12.0. The molecule has 106 valence electrons.